The predicted molar refractivity (Wildman–Crippen MR) is 87.6 cm³/mol. The van der Waals surface area contributed by atoms with Crippen LogP contribution in [0.1, 0.15) is 23.8 Å². The van der Waals surface area contributed by atoms with Crippen LogP contribution in [0.4, 0.5) is 0 Å². The zero-order chi connectivity index (χ0) is 16.9. The number of nitrogens with zero attached hydrogens (tertiary/aromatic N) is 2. The van der Waals surface area contributed by atoms with Gasteiger partial charge in [-0.05, 0) is 18.4 Å². The number of oxime groups is 1. The molecule has 1 aliphatic heterocycles. The van der Waals surface area contributed by atoms with Gasteiger partial charge in [-0.2, -0.15) is 0 Å². The van der Waals surface area contributed by atoms with Crippen molar-refractivity contribution in [1.29, 1.82) is 0 Å². The van der Waals surface area contributed by atoms with Gasteiger partial charge in [0.15, 0.2) is 0 Å². The van der Waals surface area contributed by atoms with Gasteiger partial charge in [0.2, 0.25) is 6.10 Å². The Labute approximate surface area is 138 Å². The largest absolute Gasteiger partial charge is 0.463 e. The van der Waals surface area contributed by atoms with E-state index in [1.54, 1.807) is 13.1 Å². The van der Waals surface area contributed by atoms with Crippen LogP contribution in [0, 0.1) is 0 Å². The van der Waals surface area contributed by atoms with Gasteiger partial charge in [0.25, 0.3) is 5.91 Å². The Morgan fingerprint density at radius 2 is 2.17 bits per heavy atom. The lowest BCUT2D eigenvalue weighted by molar-refractivity contribution is -0.154. The number of amides is 1. The van der Waals surface area contributed by atoms with Gasteiger partial charge in [-0.15, -0.1) is 0 Å². The second-order valence-corrected chi connectivity index (χ2v) is 5.27. The number of hydrogen-bond donors (Lipinski definition) is 1. The van der Waals surface area contributed by atoms with E-state index in [-0.39, 0.29) is 19.1 Å². The second-order valence-electron chi connectivity index (χ2n) is 5.27. The molecular weight excluding hydrogens is 310 g/mol. The van der Waals surface area contributed by atoms with Crippen molar-refractivity contribution in [3.63, 3.8) is 0 Å². The first-order valence-corrected chi connectivity index (χ1v) is 7.69. The summed E-state index contributed by atoms with van der Waals surface area (Å²) in [4.78, 5) is 33.1. The monoisotopic (exact) mass is 327 g/mol. The number of ether oxygens (including phenoxy) is 1. The van der Waals surface area contributed by atoms with Crippen LogP contribution in [0.15, 0.2) is 41.7 Å². The number of aromatic nitrogens is 1. The van der Waals surface area contributed by atoms with Crippen LogP contribution < -0.4 is 5.32 Å². The van der Waals surface area contributed by atoms with Crippen LogP contribution in [-0.4, -0.2) is 41.8 Å². The van der Waals surface area contributed by atoms with Crippen LogP contribution in [0.2, 0.25) is 0 Å². The summed E-state index contributed by atoms with van der Waals surface area (Å²) in [5, 5.41) is 8.32. The first-order chi connectivity index (χ1) is 11.7. The summed E-state index contributed by atoms with van der Waals surface area (Å²) in [6, 6.07) is 9.39. The average molecular weight is 327 g/mol. The molecule has 0 saturated carbocycles. The number of fused-ring (bicyclic) bond motifs is 1. The van der Waals surface area contributed by atoms with Gasteiger partial charge in [-0.3, -0.25) is 9.78 Å². The number of nitrogens with one attached hydrogen (secondary N) is 1. The van der Waals surface area contributed by atoms with Crippen LogP contribution in [0.5, 0.6) is 0 Å². The fourth-order valence-electron chi connectivity index (χ4n) is 2.46. The molecule has 2 heterocycles. The number of benzene rings is 1. The summed E-state index contributed by atoms with van der Waals surface area (Å²) in [6.45, 7) is 2.21. The smallest absolute Gasteiger partial charge is 0.350 e. The van der Waals surface area contributed by atoms with E-state index in [0.29, 0.717) is 17.8 Å². The van der Waals surface area contributed by atoms with Crippen molar-refractivity contribution in [2.75, 3.05) is 13.2 Å². The summed E-state index contributed by atoms with van der Waals surface area (Å²) in [5.74, 6) is -0.743. The lowest BCUT2D eigenvalue weighted by atomic mass is 10.1. The maximum Gasteiger partial charge on any atom is 0.350 e. The quantitative estimate of drug-likeness (QED) is 0.844. The van der Waals surface area contributed by atoms with E-state index in [4.69, 9.17) is 9.57 Å². The molecule has 0 aliphatic carbocycles. The molecule has 1 aromatic carbocycles. The van der Waals surface area contributed by atoms with Gasteiger partial charge >= 0.3 is 5.97 Å². The van der Waals surface area contributed by atoms with Gasteiger partial charge in [0.1, 0.15) is 5.69 Å². The lowest BCUT2D eigenvalue weighted by Gasteiger charge is -2.07. The molecule has 7 heteroatoms. The molecule has 0 saturated heterocycles. The van der Waals surface area contributed by atoms with E-state index in [9.17, 15) is 9.59 Å². The highest BCUT2D eigenvalue weighted by atomic mass is 16.7. The van der Waals surface area contributed by atoms with E-state index in [1.807, 2.05) is 30.3 Å². The van der Waals surface area contributed by atoms with Crippen molar-refractivity contribution in [1.82, 2.24) is 10.3 Å². The summed E-state index contributed by atoms with van der Waals surface area (Å²) in [5.41, 5.74) is 0.941. The van der Waals surface area contributed by atoms with Crippen molar-refractivity contribution >= 4 is 28.4 Å². The van der Waals surface area contributed by atoms with E-state index >= 15 is 0 Å². The second kappa shape index (κ2) is 7.08. The minimum Gasteiger partial charge on any atom is -0.463 e. The van der Waals surface area contributed by atoms with Crippen molar-refractivity contribution in [2.24, 2.45) is 5.16 Å². The van der Waals surface area contributed by atoms with Crippen molar-refractivity contribution in [3.05, 3.63) is 42.2 Å². The molecule has 1 atom stereocenters. The van der Waals surface area contributed by atoms with E-state index in [0.717, 1.165) is 10.8 Å². The molecule has 0 bridgehead atoms. The Balaban J connectivity index is 1.61. The highest BCUT2D eigenvalue weighted by molar-refractivity contribution is 6.06. The standard InChI is InChI=1S/C17H17N3O4/c1-2-23-17(22)14-9-12(20-24-14)10-19-16(21)15-13-6-4-3-5-11(13)7-8-18-15/h3-8,14H,2,9-10H2,1H3,(H,19,21). The third kappa shape index (κ3) is 3.34. The Hall–Kier alpha value is -2.96. The SMILES string of the molecule is CCOC(=O)C1CC(CNC(=O)c2nccc3ccccc23)=NO1. The normalized spacial score (nSPS) is 16.4. The average Bonchev–Trinajstić information content (AvgIpc) is 3.08. The lowest BCUT2D eigenvalue weighted by Crippen LogP contribution is -2.31. The fraction of sp³-hybridized carbons (Fsp3) is 0.294. The summed E-state index contributed by atoms with van der Waals surface area (Å²) in [7, 11) is 0. The maximum absolute atomic E-state index is 12.4. The first-order valence-electron chi connectivity index (χ1n) is 7.69. The van der Waals surface area contributed by atoms with Crippen LogP contribution >= 0.6 is 0 Å². The van der Waals surface area contributed by atoms with Crippen LogP contribution in [0.3, 0.4) is 0 Å². The summed E-state index contributed by atoms with van der Waals surface area (Å²) in [6.07, 6.45) is 1.18. The Morgan fingerprint density at radius 1 is 1.33 bits per heavy atom. The number of esters is 1. The number of carbonyl (C=O) groups is 2. The number of pyridine rings is 1. The fourth-order valence-corrected chi connectivity index (χ4v) is 2.46. The van der Waals surface area contributed by atoms with E-state index in [1.165, 1.54) is 0 Å². The number of hydrogen-bond acceptors (Lipinski definition) is 6. The molecule has 2 aromatic rings. The van der Waals surface area contributed by atoms with Gasteiger partial charge in [0, 0.05) is 18.0 Å². The minimum atomic E-state index is -0.729. The molecule has 3 rings (SSSR count). The molecular formula is C17H17N3O4. The third-order valence-electron chi connectivity index (χ3n) is 3.62. The van der Waals surface area contributed by atoms with Crippen molar-refractivity contribution in [2.45, 2.75) is 19.4 Å². The molecule has 0 spiro atoms. The Kier molecular flexibility index (Phi) is 4.69. The molecule has 7 nitrogen and oxygen atoms in total. The number of rotatable bonds is 5. The van der Waals surface area contributed by atoms with E-state index in [2.05, 4.69) is 15.5 Å². The summed E-state index contributed by atoms with van der Waals surface area (Å²) < 4.78 is 4.88. The molecule has 1 amide bonds. The zero-order valence-electron chi connectivity index (χ0n) is 13.2. The van der Waals surface area contributed by atoms with Crippen molar-refractivity contribution < 1.29 is 19.2 Å². The topological polar surface area (TPSA) is 89.9 Å². The Bertz CT molecular complexity index is 798. The highest BCUT2D eigenvalue weighted by Crippen LogP contribution is 2.16. The first kappa shape index (κ1) is 15.9. The maximum atomic E-state index is 12.4. The van der Waals surface area contributed by atoms with Gasteiger partial charge in [0.05, 0.1) is 18.9 Å². The molecule has 0 fully saturated rings. The van der Waals surface area contributed by atoms with Crippen LogP contribution in [0.25, 0.3) is 10.8 Å². The van der Waals surface area contributed by atoms with Crippen molar-refractivity contribution in [3.8, 4) is 0 Å². The third-order valence-corrected chi connectivity index (χ3v) is 3.62. The molecule has 24 heavy (non-hydrogen) atoms. The van der Waals surface area contributed by atoms with Gasteiger partial charge in [-0.25, -0.2) is 4.79 Å². The predicted octanol–water partition coefficient (Wildman–Crippen LogP) is 1.67. The van der Waals surface area contributed by atoms with Gasteiger partial charge in [-0.1, -0.05) is 29.4 Å². The minimum absolute atomic E-state index is 0.194. The molecule has 1 aromatic heterocycles. The zero-order valence-corrected chi connectivity index (χ0v) is 13.2. The molecule has 124 valence electrons. The van der Waals surface area contributed by atoms with Crippen LogP contribution in [-0.2, 0) is 14.4 Å². The summed E-state index contributed by atoms with van der Waals surface area (Å²) >= 11 is 0. The Morgan fingerprint density at radius 3 is 3.00 bits per heavy atom. The molecule has 1 N–H and O–H groups in total. The molecule has 0 radical (unpaired) electrons. The molecule has 1 unspecified atom stereocenters. The van der Waals surface area contributed by atoms with Gasteiger partial charge < -0.3 is 14.9 Å². The molecule has 1 aliphatic rings. The number of carbonyl (C=O) groups excluding carboxylic acids is 2. The van der Waals surface area contributed by atoms with E-state index < -0.39 is 12.1 Å². The highest BCUT2D eigenvalue weighted by Gasteiger charge is 2.29.